The van der Waals surface area contributed by atoms with Crippen molar-refractivity contribution < 1.29 is 22.4 Å². The summed E-state index contributed by atoms with van der Waals surface area (Å²) in [5.41, 5.74) is -1.03. The molecule has 112 valence electrons. The van der Waals surface area contributed by atoms with Crippen LogP contribution in [0.25, 0.3) is 0 Å². The second-order valence-corrected chi connectivity index (χ2v) is 5.51. The Bertz CT molecular complexity index is 674. The number of aryl methyl sites for hydroxylation is 2. The van der Waals surface area contributed by atoms with E-state index in [1.807, 2.05) is 6.92 Å². The van der Waals surface area contributed by atoms with Crippen molar-refractivity contribution in [3.63, 3.8) is 0 Å². The molecule has 1 N–H and O–H groups in total. The van der Waals surface area contributed by atoms with Crippen LogP contribution in [-0.2, 0) is 6.18 Å². The van der Waals surface area contributed by atoms with Gasteiger partial charge in [0.15, 0.2) is 5.13 Å². The van der Waals surface area contributed by atoms with Crippen molar-refractivity contribution in [2.24, 2.45) is 0 Å². The Morgan fingerprint density at radius 1 is 1.29 bits per heavy atom. The molecule has 2 aromatic rings. The summed E-state index contributed by atoms with van der Waals surface area (Å²) in [7, 11) is 0. The standard InChI is InChI=1S/C13H10F4N2OS/c1-6-7(2)21-12(18-6)19-11(20)8-3-4-10(14)9(5-8)13(15,16)17/h3-5H,1-2H3,(H,18,19,20). The molecule has 8 heteroatoms. The molecule has 0 aliphatic carbocycles. The maximum atomic E-state index is 13.2. The number of nitrogens with zero attached hydrogens (tertiary/aromatic N) is 1. The number of hydrogen-bond acceptors (Lipinski definition) is 3. The van der Waals surface area contributed by atoms with Crippen molar-refractivity contribution in [3.05, 3.63) is 45.7 Å². The lowest BCUT2D eigenvalue weighted by molar-refractivity contribution is -0.140. The number of alkyl halides is 3. The Hall–Kier alpha value is -1.96. The predicted molar refractivity (Wildman–Crippen MR) is 70.9 cm³/mol. The highest BCUT2D eigenvalue weighted by Crippen LogP contribution is 2.32. The van der Waals surface area contributed by atoms with Crippen LogP contribution in [0.3, 0.4) is 0 Å². The lowest BCUT2D eigenvalue weighted by Crippen LogP contribution is -2.15. The van der Waals surface area contributed by atoms with Crippen LogP contribution < -0.4 is 5.32 Å². The molecule has 1 heterocycles. The minimum atomic E-state index is -4.85. The molecule has 1 aromatic heterocycles. The topological polar surface area (TPSA) is 42.0 Å². The molecule has 0 atom stereocenters. The summed E-state index contributed by atoms with van der Waals surface area (Å²) in [6.07, 6.45) is -4.85. The fraction of sp³-hybridized carbons (Fsp3) is 0.231. The van der Waals surface area contributed by atoms with Crippen LogP contribution in [0.4, 0.5) is 22.7 Å². The number of amides is 1. The minimum Gasteiger partial charge on any atom is -0.298 e. The van der Waals surface area contributed by atoms with Gasteiger partial charge in [0.25, 0.3) is 5.91 Å². The Labute approximate surface area is 121 Å². The summed E-state index contributed by atoms with van der Waals surface area (Å²) in [6, 6.07) is 2.10. The summed E-state index contributed by atoms with van der Waals surface area (Å²) in [5.74, 6) is -2.19. The quantitative estimate of drug-likeness (QED) is 0.844. The monoisotopic (exact) mass is 318 g/mol. The number of carbonyl (C=O) groups is 1. The molecule has 0 saturated heterocycles. The molecule has 0 bridgehead atoms. The number of thiazole rings is 1. The Balaban J connectivity index is 2.27. The molecule has 0 spiro atoms. The summed E-state index contributed by atoms with van der Waals surface area (Å²) in [6.45, 7) is 3.56. The van der Waals surface area contributed by atoms with Crippen molar-refractivity contribution >= 4 is 22.4 Å². The minimum absolute atomic E-state index is 0.283. The molecule has 1 amide bonds. The highest BCUT2D eigenvalue weighted by atomic mass is 32.1. The average Bonchev–Trinajstić information content (AvgIpc) is 2.67. The van der Waals surface area contributed by atoms with E-state index in [4.69, 9.17) is 0 Å². The molecule has 0 unspecified atom stereocenters. The zero-order valence-corrected chi connectivity index (χ0v) is 11.8. The number of nitrogens with one attached hydrogen (secondary N) is 1. The molecular formula is C13H10F4N2OS. The molecule has 2 rings (SSSR count). The van der Waals surface area contributed by atoms with Crippen molar-refractivity contribution in [3.8, 4) is 0 Å². The van der Waals surface area contributed by atoms with E-state index in [9.17, 15) is 22.4 Å². The van der Waals surface area contributed by atoms with Gasteiger partial charge >= 0.3 is 6.18 Å². The van der Waals surface area contributed by atoms with Gasteiger partial charge in [-0.3, -0.25) is 10.1 Å². The van der Waals surface area contributed by atoms with Crippen LogP contribution in [0.1, 0.15) is 26.5 Å². The van der Waals surface area contributed by atoms with Crippen LogP contribution in [0.2, 0.25) is 0 Å². The first-order valence-electron chi connectivity index (χ1n) is 5.80. The van der Waals surface area contributed by atoms with Crippen molar-refractivity contribution in [1.82, 2.24) is 4.98 Å². The van der Waals surface area contributed by atoms with Gasteiger partial charge in [-0.2, -0.15) is 13.2 Å². The number of halogens is 4. The van der Waals surface area contributed by atoms with Gasteiger partial charge in [-0.1, -0.05) is 0 Å². The summed E-state index contributed by atoms with van der Waals surface area (Å²) in [4.78, 5) is 16.8. The second-order valence-electron chi connectivity index (χ2n) is 4.31. The Morgan fingerprint density at radius 3 is 2.48 bits per heavy atom. The summed E-state index contributed by atoms with van der Waals surface area (Å²) in [5, 5.41) is 2.68. The number of rotatable bonds is 2. The maximum Gasteiger partial charge on any atom is 0.419 e. The fourth-order valence-corrected chi connectivity index (χ4v) is 2.39. The van der Waals surface area contributed by atoms with Gasteiger partial charge in [0.1, 0.15) is 5.82 Å². The van der Waals surface area contributed by atoms with E-state index in [0.29, 0.717) is 12.1 Å². The first-order chi connectivity index (χ1) is 9.68. The van der Waals surface area contributed by atoms with Gasteiger partial charge < -0.3 is 0 Å². The van der Waals surface area contributed by atoms with E-state index in [2.05, 4.69) is 10.3 Å². The van der Waals surface area contributed by atoms with Crippen LogP contribution in [0.15, 0.2) is 18.2 Å². The van der Waals surface area contributed by atoms with E-state index in [-0.39, 0.29) is 10.7 Å². The van der Waals surface area contributed by atoms with Crippen molar-refractivity contribution in [2.45, 2.75) is 20.0 Å². The zero-order chi connectivity index (χ0) is 15.8. The predicted octanol–water partition coefficient (Wildman–Crippen LogP) is 4.17. The highest BCUT2D eigenvalue weighted by molar-refractivity contribution is 7.15. The Kier molecular flexibility index (Phi) is 3.99. The van der Waals surface area contributed by atoms with Crippen LogP contribution in [-0.4, -0.2) is 10.9 Å². The first-order valence-corrected chi connectivity index (χ1v) is 6.62. The Morgan fingerprint density at radius 2 is 1.95 bits per heavy atom. The third-order valence-electron chi connectivity index (χ3n) is 2.78. The summed E-state index contributed by atoms with van der Waals surface area (Å²) < 4.78 is 50.9. The maximum absolute atomic E-state index is 13.2. The average molecular weight is 318 g/mol. The molecule has 0 radical (unpaired) electrons. The van der Waals surface area contributed by atoms with E-state index >= 15 is 0 Å². The van der Waals surface area contributed by atoms with E-state index in [1.165, 1.54) is 11.3 Å². The lowest BCUT2D eigenvalue weighted by Gasteiger charge is -2.09. The van der Waals surface area contributed by atoms with E-state index < -0.39 is 23.5 Å². The van der Waals surface area contributed by atoms with E-state index in [1.54, 1.807) is 6.92 Å². The summed E-state index contributed by atoms with van der Waals surface area (Å²) >= 11 is 1.21. The van der Waals surface area contributed by atoms with Crippen LogP contribution >= 0.6 is 11.3 Å². The van der Waals surface area contributed by atoms with Gasteiger partial charge in [0, 0.05) is 10.4 Å². The van der Waals surface area contributed by atoms with Crippen LogP contribution in [0.5, 0.6) is 0 Å². The van der Waals surface area contributed by atoms with Crippen molar-refractivity contribution in [2.75, 3.05) is 5.32 Å². The number of aromatic nitrogens is 1. The largest absolute Gasteiger partial charge is 0.419 e. The van der Waals surface area contributed by atoms with Crippen LogP contribution in [0, 0.1) is 19.7 Å². The molecule has 0 fully saturated rings. The smallest absolute Gasteiger partial charge is 0.298 e. The number of hydrogen-bond donors (Lipinski definition) is 1. The second kappa shape index (κ2) is 5.44. The number of carbonyl (C=O) groups excluding carboxylic acids is 1. The van der Waals surface area contributed by atoms with Gasteiger partial charge in [-0.05, 0) is 32.0 Å². The zero-order valence-electron chi connectivity index (χ0n) is 11.0. The van der Waals surface area contributed by atoms with Gasteiger partial charge in [0.05, 0.1) is 11.3 Å². The highest BCUT2D eigenvalue weighted by Gasteiger charge is 2.34. The molecular weight excluding hydrogens is 308 g/mol. The molecule has 0 saturated carbocycles. The van der Waals surface area contributed by atoms with Gasteiger partial charge in [0.2, 0.25) is 0 Å². The number of benzene rings is 1. The molecule has 0 aliphatic rings. The fourth-order valence-electron chi connectivity index (χ4n) is 1.58. The third-order valence-corrected chi connectivity index (χ3v) is 3.77. The van der Waals surface area contributed by atoms with Gasteiger partial charge in [-0.15, -0.1) is 11.3 Å². The lowest BCUT2D eigenvalue weighted by atomic mass is 10.1. The molecule has 21 heavy (non-hydrogen) atoms. The first kappa shape index (κ1) is 15.4. The molecule has 0 aliphatic heterocycles. The van der Waals surface area contributed by atoms with Crippen molar-refractivity contribution in [1.29, 1.82) is 0 Å². The third kappa shape index (κ3) is 3.38. The molecule has 1 aromatic carbocycles. The normalized spacial score (nSPS) is 11.5. The SMILES string of the molecule is Cc1nc(NC(=O)c2ccc(F)c(C(F)(F)F)c2)sc1C. The van der Waals surface area contributed by atoms with E-state index in [0.717, 1.165) is 16.6 Å². The number of anilines is 1. The van der Waals surface area contributed by atoms with Gasteiger partial charge in [-0.25, -0.2) is 9.37 Å². The molecule has 3 nitrogen and oxygen atoms in total.